The number of fused-ring (bicyclic) bond motifs is 1. The topological polar surface area (TPSA) is 98.4 Å². The maximum absolute atomic E-state index is 13.3. The van der Waals surface area contributed by atoms with Gasteiger partial charge in [0, 0.05) is 44.8 Å². The largest absolute Gasteiger partial charge is 0.371 e. The number of H-pyrrole nitrogens is 1. The fraction of sp³-hybridized carbons (Fsp3) is 0.462. The molecule has 3 heterocycles. The number of piperidine rings is 1. The van der Waals surface area contributed by atoms with Crippen LogP contribution in [0.15, 0.2) is 47.4 Å². The quantitative estimate of drug-likeness (QED) is 0.465. The number of hydrogen-bond acceptors (Lipinski definition) is 5. The monoisotopic (exact) mass is 495 g/mol. The summed E-state index contributed by atoms with van der Waals surface area (Å²) in [7, 11) is -3.61. The van der Waals surface area contributed by atoms with Gasteiger partial charge in [0.25, 0.3) is 5.91 Å². The molecule has 0 atom stereocenters. The number of para-hydroxylation sites is 2. The maximum atomic E-state index is 13.3. The first-order chi connectivity index (χ1) is 17.0. The maximum Gasteiger partial charge on any atom is 0.253 e. The van der Waals surface area contributed by atoms with Crippen molar-refractivity contribution in [1.82, 2.24) is 19.6 Å². The summed E-state index contributed by atoms with van der Waals surface area (Å²) < 4.78 is 28.1. The second-order valence-electron chi connectivity index (χ2n) is 9.40. The van der Waals surface area contributed by atoms with Crippen LogP contribution in [0.1, 0.15) is 54.7 Å². The van der Waals surface area contributed by atoms with Crippen LogP contribution in [0.4, 0.5) is 5.69 Å². The number of benzene rings is 2. The number of aromatic nitrogens is 2. The van der Waals surface area contributed by atoms with Crippen LogP contribution >= 0.6 is 0 Å². The van der Waals surface area contributed by atoms with Gasteiger partial charge in [0.15, 0.2) is 0 Å². The van der Waals surface area contributed by atoms with Gasteiger partial charge in [0.2, 0.25) is 10.0 Å². The van der Waals surface area contributed by atoms with Gasteiger partial charge in [-0.25, -0.2) is 13.4 Å². The second-order valence-corrected chi connectivity index (χ2v) is 11.3. The zero-order valence-corrected chi connectivity index (χ0v) is 20.8. The van der Waals surface area contributed by atoms with Crippen LogP contribution in [0.25, 0.3) is 11.0 Å². The lowest BCUT2D eigenvalue weighted by atomic mass is 10.1. The first-order valence-electron chi connectivity index (χ1n) is 12.6. The van der Waals surface area contributed by atoms with Gasteiger partial charge in [0.1, 0.15) is 5.82 Å². The highest BCUT2D eigenvalue weighted by molar-refractivity contribution is 7.89. The summed E-state index contributed by atoms with van der Waals surface area (Å²) in [5.74, 6) is 0.667. The molecule has 0 spiro atoms. The summed E-state index contributed by atoms with van der Waals surface area (Å²) >= 11 is 0. The smallest absolute Gasteiger partial charge is 0.253 e. The Morgan fingerprint density at radius 1 is 0.971 bits per heavy atom. The Morgan fingerprint density at radius 3 is 2.49 bits per heavy atom. The van der Waals surface area contributed by atoms with Crippen LogP contribution in [0.5, 0.6) is 0 Å². The SMILES string of the molecule is O=C(NCCCc1nc2ccccc2[nH]1)c1cc(S(=O)(=O)N2CCCCC2)ccc1N1CCCC1. The molecule has 1 aromatic heterocycles. The van der Waals surface area contributed by atoms with Crippen LogP contribution in [-0.2, 0) is 16.4 Å². The number of aromatic amines is 1. The van der Waals surface area contributed by atoms with Crippen molar-refractivity contribution < 1.29 is 13.2 Å². The summed E-state index contributed by atoms with van der Waals surface area (Å²) in [5.41, 5.74) is 3.20. The molecule has 3 aromatic rings. The standard InChI is InChI=1S/C26H33N5O3S/c32-26(27-14-8-11-25-28-22-9-2-3-10-23(22)29-25)21-19-20(12-13-24(21)30-15-6-7-16-30)35(33,34)31-17-4-1-5-18-31/h2-3,9-10,12-13,19H,1,4-8,11,14-18H2,(H,27,32)(H,28,29). The number of nitrogens with zero attached hydrogens (tertiary/aromatic N) is 3. The summed E-state index contributed by atoms with van der Waals surface area (Å²) in [6.45, 7) is 3.33. The van der Waals surface area contributed by atoms with Crippen molar-refractivity contribution in [2.75, 3.05) is 37.6 Å². The van der Waals surface area contributed by atoms with E-state index < -0.39 is 10.0 Å². The number of anilines is 1. The molecule has 2 fully saturated rings. The fourth-order valence-corrected chi connectivity index (χ4v) is 6.57. The fourth-order valence-electron chi connectivity index (χ4n) is 5.02. The third-order valence-corrected chi connectivity index (χ3v) is 8.82. The highest BCUT2D eigenvalue weighted by atomic mass is 32.2. The number of carbonyl (C=O) groups excluding carboxylic acids is 1. The third-order valence-electron chi connectivity index (χ3n) is 6.93. The molecular weight excluding hydrogens is 462 g/mol. The molecule has 1 amide bonds. The van der Waals surface area contributed by atoms with Crippen molar-refractivity contribution in [3.05, 3.63) is 53.9 Å². The van der Waals surface area contributed by atoms with Gasteiger partial charge < -0.3 is 15.2 Å². The van der Waals surface area contributed by atoms with E-state index in [1.165, 1.54) is 0 Å². The number of rotatable bonds is 8. The van der Waals surface area contributed by atoms with Crippen molar-refractivity contribution in [3.63, 3.8) is 0 Å². The first kappa shape index (κ1) is 23.8. The summed E-state index contributed by atoms with van der Waals surface area (Å²) in [6.07, 6.45) is 6.42. The van der Waals surface area contributed by atoms with Gasteiger partial charge in [-0.2, -0.15) is 4.31 Å². The molecule has 0 saturated carbocycles. The Bertz CT molecular complexity index is 1260. The van der Waals surface area contributed by atoms with Crippen molar-refractivity contribution in [1.29, 1.82) is 0 Å². The third kappa shape index (κ3) is 5.21. The molecule has 186 valence electrons. The average Bonchev–Trinajstić information content (AvgIpc) is 3.56. The molecular formula is C26H33N5O3S. The van der Waals surface area contributed by atoms with Crippen LogP contribution in [-0.4, -0.2) is 61.3 Å². The molecule has 0 bridgehead atoms. The lowest BCUT2D eigenvalue weighted by Crippen LogP contribution is -2.36. The zero-order chi connectivity index (χ0) is 24.3. The minimum atomic E-state index is -3.61. The van der Waals surface area contributed by atoms with E-state index in [-0.39, 0.29) is 10.8 Å². The number of carbonyl (C=O) groups is 1. The van der Waals surface area contributed by atoms with Gasteiger partial charge in [-0.15, -0.1) is 0 Å². The molecule has 35 heavy (non-hydrogen) atoms. The van der Waals surface area contributed by atoms with Crippen molar-refractivity contribution in [2.45, 2.75) is 49.8 Å². The zero-order valence-electron chi connectivity index (χ0n) is 20.0. The molecule has 5 rings (SSSR count). The average molecular weight is 496 g/mol. The number of aryl methyl sites for hydroxylation is 1. The van der Waals surface area contributed by atoms with E-state index in [9.17, 15) is 13.2 Å². The number of hydrogen-bond donors (Lipinski definition) is 2. The lowest BCUT2D eigenvalue weighted by Gasteiger charge is -2.27. The first-order valence-corrected chi connectivity index (χ1v) is 14.1. The van der Waals surface area contributed by atoms with E-state index in [4.69, 9.17) is 0 Å². The van der Waals surface area contributed by atoms with E-state index in [0.29, 0.717) is 25.2 Å². The van der Waals surface area contributed by atoms with E-state index in [1.54, 1.807) is 16.4 Å². The van der Waals surface area contributed by atoms with E-state index in [1.807, 2.05) is 30.3 Å². The molecule has 2 aliphatic rings. The molecule has 2 saturated heterocycles. The Morgan fingerprint density at radius 2 is 1.71 bits per heavy atom. The van der Waals surface area contributed by atoms with Gasteiger partial charge in [-0.3, -0.25) is 4.79 Å². The minimum Gasteiger partial charge on any atom is -0.371 e. The minimum absolute atomic E-state index is 0.203. The van der Waals surface area contributed by atoms with Crippen LogP contribution < -0.4 is 10.2 Å². The molecule has 0 radical (unpaired) electrons. The predicted octanol–water partition coefficient (Wildman–Crippen LogP) is 3.70. The number of sulfonamides is 1. The predicted molar refractivity (Wildman–Crippen MR) is 137 cm³/mol. The molecule has 2 aliphatic heterocycles. The van der Waals surface area contributed by atoms with Crippen LogP contribution in [0.3, 0.4) is 0 Å². The number of nitrogens with one attached hydrogen (secondary N) is 2. The molecule has 2 aromatic carbocycles. The van der Waals surface area contributed by atoms with Crippen molar-refractivity contribution >= 4 is 32.7 Å². The summed E-state index contributed by atoms with van der Waals surface area (Å²) in [6, 6.07) is 13.0. The van der Waals surface area contributed by atoms with Gasteiger partial charge in [0.05, 0.1) is 21.5 Å². The van der Waals surface area contributed by atoms with Gasteiger partial charge >= 0.3 is 0 Å². The molecule has 0 aliphatic carbocycles. The summed E-state index contributed by atoms with van der Waals surface area (Å²) in [5, 5.41) is 3.01. The summed E-state index contributed by atoms with van der Waals surface area (Å²) in [4.78, 5) is 23.6. The molecule has 2 N–H and O–H groups in total. The van der Waals surface area contributed by atoms with E-state index in [0.717, 1.165) is 80.6 Å². The van der Waals surface area contributed by atoms with E-state index >= 15 is 0 Å². The van der Waals surface area contributed by atoms with Gasteiger partial charge in [-0.1, -0.05) is 18.6 Å². The number of amides is 1. The Hall–Kier alpha value is -2.91. The number of imidazole rings is 1. The second kappa shape index (κ2) is 10.4. The van der Waals surface area contributed by atoms with Gasteiger partial charge in [-0.05, 0) is 62.4 Å². The Balaban J connectivity index is 1.30. The lowest BCUT2D eigenvalue weighted by molar-refractivity contribution is 0.0953. The molecule has 0 unspecified atom stereocenters. The van der Waals surface area contributed by atoms with Crippen molar-refractivity contribution in [2.24, 2.45) is 0 Å². The normalized spacial score (nSPS) is 17.2. The van der Waals surface area contributed by atoms with E-state index in [2.05, 4.69) is 20.2 Å². The van der Waals surface area contributed by atoms with Crippen LogP contribution in [0, 0.1) is 0 Å². The Labute approximate surface area is 206 Å². The Kier molecular flexibility index (Phi) is 7.06. The van der Waals surface area contributed by atoms with Crippen molar-refractivity contribution in [3.8, 4) is 0 Å². The molecule has 9 heteroatoms. The van der Waals surface area contributed by atoms with Crippen LogP contribution in [0.2, 0.25) is 0 Å². The highest BCUT2D eigenvalue weighted by Crippen LogP contribution is 2.29. The highest BCUT2D eigenvalue weighted by Gasteiger charge is 2.28. The molecule has 8 nitrogen and oxygen atoms in total.